The van der Waals surface area contributed by atoms with Crippen molar-refractivity contribution in [2.24, 2.45) is 5.92 Å². The van der Waals surface area contributed by atoms with E-state index in [9.17, 15) is 9.18 Å². The van der Waals surface area contributed by atoms with Crippen LogP contribution >= 0.6 is 0 Å². The molecule has 0 radical (unpaired) electrons. The van der Waals surface area contributed by atoms with Crippen molar-refractivity contribution in [1.82, 2.24) is 4.90 Å². The Morgan fingerprint density at radius 1 is 1.30 bits per heavy atom. The smallest absolute Gasteiger partial charge is 0.335 e. The van der Waals surface area contributed by atoms with Crippen LogP contribution in [-0.2, 0) is 6.54 Å². The monoisotopic (exact) mass is 277 g/mol. The standard InChI is InChI=1S/C16H20FNO2/c17-14-6-5-12(16(19)20)9-13(14)10-18-8-7-11-3-1-2-4-15(11)18/h5-6,9,11,15H,1-4,7-8,10H2,(H,19,20). The van der Waals surface area contributed by atoms with Gasteiger partial charge in [0, 0.05) is 18.2 Å². The Balaban J connectivity index is 1.77. The molecule has 4 heteroatoms. The minimum Gasteiger partial charge on any atom is -0.478 e. The number of carboxylic acids is 1. The Bertz CT molecular complexity index is 517. The highest BCUT2D eigenvalue weighted by Gasteiger charge is 2.35. The van der Waals surface area contributed by atoms with E-state index in [1.165, 1.54) is 50.3 Å². The van der Waals surface area contributed by atoms with Crippen molar-refractivity contribution in [3.8, 4) is 0 Å². The number of fused-ring (bicyclic) bond motifs is 1. The lowest BCUT2D eigenvalue weighted by Gasteiger charge is -2.31. The molecular weight excluding hydrogens is 257 g/mol. The summed E-state index contributed by atoms with van der Waals surface area (Å²) in [7, 11) is 0. The second-order valence-electron chi connectivity index (χ2n) is 5.98. The summed E-state index contributed by atoms with van der Waals surface area (Å²) in [5.41, 5.74) is 0.678. The molecule has 1 aromatic carbocycles. The van der Waals surface area contributed by atoms with Gasteiger partial charge in [-0.3, -0.25) is 4.90 Å². The van der Waals surface area contributed by atoms with Gasteiger partial charge in [0.15, 0.2) is 0 Å². The van der Waals surface area contributed by atoms with E-state index < -0.39 is 5.97 Å². The summed E-state index contributed by atoms with van der Waals surface area (Å²) in [4.78, 5) is 13.3. The molecule has 3 rings (SSSR count). The maximum Gasteiger partial charge on any atom is 0.335 e. The first-order valence-corrected chi connectivity index (χ1v) is 7.41. The van der Waals surface area contributed by atoms with Crippen LogP contribution in [0.5, 0.6) is 0 Å². The Kier molecular flexibility index (Phi) is 3.74. The predicted molar refractivity (Wildman–Crippen MR) is 74.1 cm³/mol. The van der Waals surface area contributed by atoms with Gasteiger partial charge in [0.25, 0.3) is 0 Å². The molecule has 1 aliphatic heterocycles. The van der Waals surface area contributed by atoms with E-state index >= 15 is 0 Å². The first kappa shape index (κ1) is 13.6. The van der Waals surface area contributed by atoms with Crippen LogP contribution in [0, 0.1) is 11.7 Å². The Labute approximate surface area is 118 Å². The van der Waals surface area contributed by atoms with E-state index in [0.717, 1.165) is 12.5 Å². The van der Waals surface area contributed by atoms with Crippen LogP contribution in [0.15, 0.2) is 18.2 Å². The topological polar surface area (TPSA) is 40.5 Å². The Hall–Kier alpha value is -1.42. The van der Waals surface area contributed by atoms with Crippen molar-refractivity contribution in [2.45, 2.75) is 44.7 Å². The number of nitrogens with zero attached hydrogens (tertiary/aromatic N) is 1. The maximum absolute atomic E-state index is 13.9. The summed E-state index contributed by atoms with van der Waals surface area (Å²) >= 11 is 0. The minimum atomic E-state index is -0.997. The summed E-state index contributed by atoms with van der Waals surface area (Å²) in [5.74, 6) is -0.535. The van der Waals surface area contributed by atoms with Crippen molar-refractivity contribution in [2.75, 3.05) is 6.54 Å². The summed E-state index contributed by atoms with van der Waals surface area (Å²) < 4.78 is 13.9. The highest BCUT2D eigenvalue weighted by atomic mass is 19.1. The predicted octanol–water partition coefficient (Wildman–Crippen LogP) is 3.29. The number of aromatic carboxylic acids is 1. The zero-order valence-corrected chi connectivity index (χ0v) is 11.5. The highest BCUT2D eigenvalue weighted by Crippen LogP contribution is 2.37. The third kappa shape index (κ3) is 2.57. The normalized spacial score (nSPS) is 26.4. The van der Waals surface area contributed by atoms with E-state index in [1.54, 1.807) is 0 Å². The number of carbonyl (C=O) groups is 1. The zero-order valence-electron chi connectivity index (χ0n) is 11.5. The Morgan fingerprint density at radius 2 is 2.10 bits per heavy atom. The van der Waals surface area contributed by atoms with Crippen LogP contribution in [-0.4, -0.2) is 28.6 Å². The second-order valence-corrected chi connectivity index (χ2v) is 5.98. The molecule has 2 fully saturated rings. The molecule has 1 aliphatic carbocycles. The van der Waals surface area contributed by atoms with Crippen molar-refractivity contribution in [3.63, 3.8) is 0 Å². The van der Waals surface area contributed by atoms with Gasteiger partial charge < -0.3 is 5.11 Å². The molecule has 2 unspecified atom stereocenters. The molecule has 1 N–H and O–H groups in total. The van der Waals surface area contributed by atoms with Crippen LogP contribution in [0.3, 0.4) is 0 Å². The summed E-state index contributed by atoms with van der Waals surface area (Å²) in [5, 5.41) is 9.01. The van der Waals surface area contributed by atoms with Gasteiger partial charge in [0.2, 0.25) is 0 Å². The number of carboxylic acid groups (broad SMARTS) is 1. The minimum absolute atomic E-state index is 0.167. The lowest BCUT2D eigenvalue weighted by atomic mass is 9.85. The number of rotatable bonds is 3. The molecule has 2 aliphatic rings. The number of halogens is 1. The summed E-state index contributed by atoms with van der Waals surface area (Å²) in [6.07, 6.45) is 6.27. The molecule has 0 aromatic heterocycles. The molecule has 0 spiro atoms. The molecule has 0 bridgehead atoms. The molecule has 20 heavy (non-hydrogen) atoms. The largest absolute Gasteiger partial charge is 0.478 e. The molecule has 108 valence electrons. The number of hydrogen-bond acceptors (Lipinski definition) is 2. The van der Waals surface area contributed by atoms with E-state index in [0.29, 0.717) is 18.2 Å². The average molecular weight is 277 g/mol. The third-order valence-electron chi connectivity index (χ3n) is 4.79. The van der Waals surface area contributed by atoms with Gasteiger partial charge in [-0.25, -0.2) is 9.18 Å². The lowest BCUT2D eigenvalue weighted by Crippen LogP contribution is -2.34. The van der Waals surface area contributed by atoms with Crippen LogP contribution in [0.4, 0.5) is 4.39 Å². The van der Waals surface area contributed by atoms with Crippen molar-refractivity contribution >= 4 is 5.97 Å². The van der Waals surface area contributed by atoms with Crippen LogP contribution < -0.4 is 0 Å². The first-order valence-electron chi connectivity index (χ1n) is 7.41. The van der Waals surface area contributed by atoms with E-state index in [1.807, 2.05) is 0 Å². The molecular formula is C16H20FNO2. The van der Waals surface area contributed by atoms with Crippen molar-refractivity contribution in [1.29, 1.82) is 0 Å². The number of hydrogen-bond donors (Lipinski definition) is 1. The molecule has 1 saturated heterocycles. The fourth-order valence-electron chi connectivity index (χ4n) is 3.75. The first-order chi connectivity index (χ1) is 9.65. The molecule has 1 saturated carbocycles. The van der Waals surface area contributed by atoms with Crippen molar-refractivity contribution in [3.05, 3.63) is 35.1 Å². The van der Waals surface area contributed by atoms with Gasteiger partial charge in [-0.15, -0.1) is 0 Å². The molecule has 1 aromatic rings. The summed E-state index contributed by atoms with van der Waals surface area (Å²) in [6.45, 7) is 1.54. The summed E-state index contributed by atoms with van der Waals surface area (Å²) in [6, 6.07) is 4.65. The van der Waals surface area contributed by atoms with Crippen LogP contribution in [0.25, 0.3) is 0 Å². The fraction of sp³-hybridized carbons (Fsp3) is 0.562. The molecule has 1 heterocycles. The number of likely N-dealkylation sites (tertiary alicyclic amines) is 1. The van der Waals surface area contributed by atoms with Crippen LogP contribution in [0.2, 0.25) is 0 Å². The van der Waals surface area contributed by atoms with Crippen LogP contribution in [0.1, 0.15) is 48.0 Å². The van der Waals surface area contributed by atoms with Crippen molar-refractivity contribution < 1.29 is 14.3 Å². The number of benzene rings is 1. The van der Waals surface area contributed by atoms with Gasteiger partial charge in [-0.2, -0.15) is 0 Å². The van der Waals surface area contributed by atoms with Gasteiger partial charge in [0.1, 0.15) is 5.82 Å². The quantitative estimate of drug-likeness (QED) is 0.921. The lowest BCUT2D eigenvalue weighted by molar-refractivity contribution is 0.0696. The molecule has 0 amide bonds. The van der Waals surface area contributed by atoms with E-state index in [-0.39, 0.29) is 11.4 Å². The SMILES string of the molecule is O=C(O)c1ccc(F)c(CN2CCC3CCCCC32)c1. The van der Waals surface area contributed by atoms with E-state index in [2.05, 4.69) is 4.90 Å². The van der Waals surface area contributed by atoms with Gasteiger partial charge in [0.05, 0.1) is 5.56 Å². The third-order valence-corrected chi connectivity index (χ3v) is 4.79. The van der Waals surface area contributed by atoms with Gasteiger partial charge in [-0.1, -0.05) is 12.8 Å². The maximum atomic E-state index is 13.9. The zero-order chi connectivity index (χ0) is 14.1. The Morgan fingerprint density at radius 3 is 2.90 bits per heavy atom. The molecule has 2 atom stereocenters. The highest BCUT2D eigenvalue weighted by molar-refractivity contribution is 5.87. The fourth-order valence-corrected chi connectivity index (χ4v) is 3.75. The van der Waals surface area contributed by atoms with Gasteiger partial charge >= 0.3 is 5.97 Å². The van der Waals surface area contributed by atoms with E-state index in [4.69, 9.17) is 5.11 Å². The average Bonchev–Trinajstić information content (AvgIpc) is 2.84. The second kappa shape index (κ2) is 5.52. The van der Waals surface area contributed by atoms with Gasteiger partial charge in [-0.05, 0) is 49.9 Å². The molecule has 3 nitrogen and oxygen atoms in total.